The number of aromatic nitrogens is 4. The van der Waals surface area contributed by atoms with E-state index in [1.165, 1.54) is 0 Å². The molecule has 5 rings (SSSR count). The van der Waals surface area contributed by atoms with E-state index >= 15 is 0 Å². The van der Waals surface area contributed by atoms with E-state index in [2.05, 4.69) is 15.3 Å². The molecule has 0 amide bonds. The molecule has 0 unspecified atom stereocenters. The number of aryl methyl sites for hydroxylation is 2. The fraction of sp³-hybridized carbons (Fsp3) is 0.357. The number of hydrogen-bond donors (Lipinski definition) is 2. The Hall–Kier alpha value is -3.29. The van der Waals surface area contributed by atoms with E-state index in [0.717, 1.165) is 54.6 Å². The van der Waals surface area contributed by atoms with Gasteiger partial charge in [0, 0.05) is 58.1 Å². The third-order valence-corrected chi connectivity index (χ3v) is 7.34. The molecule has 186 valence electrons. The third-order valence-electron chi connectivity index (χ3n) is 7.03. The van der Waals surface area contributed by atoms with E-state index in [1.54, 1.807) is 10.8 Å². The molecule has 1 saturated carbocycles. The van der Waals surface area contributed by atoms with Gasteiger partial charge in [0.05, 0.1) is 5.69 Å². The third kappa shape index (κ3) is 4.99. The number of nitrogens with one attached hydrogen (secondary N) is 1. The van der Waals surface area contributed by atoms with E-state index < -0.39 is 0 Å². The first kappa shape index (κ1) is 24.4. The van der Waals surface area contributed by atoms with Crippen LogP contribution in [0.5, 0.6) is 0 Å². The Kier molecular flexibility index (Phi) is 7.03. The molecule has 0 radical (unpaired) electrons. The molecule has 7 nitrogen and oxygen atoms in total. The smallest absolute Gasteiger partial charge is 0.260 e. The molecule has 3 heterocycles. The average molecular weight is 503 g/mol. The minimum Gasteiger partial charge on any atom is -0.354 e. The Morgan fingerprint density at radius 3 is 2.61 bits per heavy atom. The largest absolute Gasteiger partial charge is 0.354 e. The topological polar surface area (TPSA) is 98.7 Å². The Balaban J connectivity index is 1.46. The molecule has 0 aliphatic heterocycles. The number of pyridine rings is 2. The molecule has 1 fully saturated rings. The summed E-state index contributed by atoms with van der Waals surface area (Å²) >= 11 is 6.70. The number of fused-ring (bicyclic) bond motifs is 1. The van der Waals surface area contributed by atoms with Crippen LogP contribution < -0.4 is 16.6 Å². The lowest BCUT2D eigenvalue weighted by molar-refractivity contribution is 0.338. The minimum absolute atomic E-state index is 0.126. The van der Waals surface area contributed by atoms with Crippen LogP contribution in [0.1, 0.15) is 38.3 Å². The van der Waals surface area contributed by atoms with Crippen LogP contribution in [0.15, 0.2) is 53.5 Å². The van der Waals surface area contributed by atoms with Gasteiger partial charge >= 0.3 is 0 Å². The SMILES string of the molecule is CCn1c(=O)c(-c2ccc(-c3cccc(C)n3)cc2Cl)cc2cnc(NCC3CCC(N)CC3)nc21. The Bertz CT molecular complexity index is 1460. The lowest BCUT2D eigenvalue weighted by atomic mass is 9.86. The fourth-order valence-corrected chi connectivity index (χ4v) is 5.24. The normalized spacial score (nSPS) is 17.9. The summed E-state index contributed by atoms with van der Waals surface area (Å²) in [5.74, 6) is 1.11. The summed E-state index contributed by atoms with van der Waals surface area (Å²) in [6.45, 7) is 5.20. The highest BCUT2D eigenvalue weighted by Gasteiger charge is 2.19. The van der Waals surface area contributed by atoms with Crippen LogP contribution >= 0.6 is 11.6 Å². The van der Waals surface area contributed by atoms with Crippen molar-refractivity contribution < 1.29 is 0 Å². The zero-order valence-corrected chi connectivity index (χ0v) is 21.4. The summed E-state index contributed by atoms with van der Waals surface area (Å²) in [6.07, 6.45) is 6.13. The Morgan fingerprint density at radius 1 is 1.08 bits per heavy atom. The summed E-state index contributed by atoms with van der Waals surface area (Å²) in [4.78, 5) is 27.3. The van der Waals surface area contributed by atoms with E-state index in [1.807, 2.05) is 56.3 Å². The molecule has 4 aromatic rings. The molecule has 3 aromatic heterocycles. The zero-order chi connectivity index (χ0) is 25.2. The van der Waals surface area contributed by atoms with Crippen molar-refractivity contribution in [2.24, 2.45) is 11.7 Å². The van der Waals surface area contributed by atoms with Gasteiger partial charge in [0.1, 0.15) is 5.65 Å². The number of nitrogens with two attached hydrogens (primary N) is 1. The molecular weight excluding hydrogens is 472 g/mol. The second kappa shape index (κ2) is 10.4. The second-order valence-electron chi connectivity index (χ2n) is 9.60. The van der Waals surface area contributed by atoms with Crippen LogP contribution in [0.3, 0.4) is 0 Å². The van der Waals surface area contributed by atoms with Gasteiger partial charge in [0.2, 0.25) is 5.95 Å². The average Bonchev–Trinajstić information content (AvgIpc) is 2.88. The highest BCUT2D eigenvalue weighted by Crippen LogP contribution is 2.32. The van der Waals surface area contributed by atoms with Gasteiger partial charge in [0.25, 0.3) is 5.56 Å². The van der Waals surface area contributed by atoms with Gasteiger partial charge in [-0.15, -0.1) is 0 Å². The molecule has 1 aliphatic rings. The molecule has 0 bridgehead atoms. The number of benzene rings is 1. The van der Waals surface area contributed by atoms with Gasteiger partial charge in [-0.2, -0.15) is 4.98 Å². The first-order valence-electron chi connectivity index (χ1n) is 12.6. The zero-order valence-electron chi connectivity index (χ0n) is 20.7. The molecule has 1 aromatic carbocycles. The van der Waals surface area contributed by atoms with E-state index in [0.29, 0.717) is 46.2 Å². The molecule has 1 aliphatic carbocycles. The Labute approximate surface area is 215 Å². The fourth-order valence-electron chi connectivity index (χ4n) is 4.96. The molecule has 0 atom stereocenters. The van der Waals surface area contributed by atoms with E-state index in [-0.39, 0.29) is 5.56 Å². The maximum absolute atomic E-state index is 13.5. The first-order chi connectivity index (χ1) is 17.4. The molecule has 8 heteroatoms. The Morgan fingerprint density at radius 2 is 1.89 bits per heavy atom. The van der Waals surface area contributed by atoms with Gasteiger partial charge < -0.3 is 11.1 Å². The van der Waals surface area contributed by atoms with Crippen molar-refractivity contribution in [3.63, 3.8) is 0 Å². The van der Waals surface area contributed by atoms with Crippen molar-refractivity contribution in [2.45, 2.75) is 52.1 Å². The van der Waals surface area contributed by atoms with Gasteiger partial charge in [-0.05, 0) is 69.7 Å². The van der Waals surface area contributed by atoms with Gasteiger partial charge in [-0.3, -0.25) is 14.3 Å². The molecule has 36 heavy (non-hydrogen) atoms. The highest BCUT2D eigenvalue weighted by molar-refractivity contribution is 6.33. The van der Waals surface area contributed by atoms with Crippen molar-refractivity contribution in [1.29, 1.82) is 0 Å². The van der Waals surface area contributed by atoms with Crippen molar-refractivity contribution >= 4 is 28.6 Å². The molecule has 0 saturated heterocycles. The van der Waals surface area contributed by atoms with E-state index in [9.17, 15) is 4.79 Å². The number of nitrogens with zero attached hydrogens (tertiary/aromatic N) is 4. The van der Waals surface area contributed by atoms with Gasteiger partial charge in [0.15, 0.2) is 0 Å². The molecule has 0 spiro atoms. The number of halogens is 1. The van der Waals surface area contributed by atoms with Gasteiger partial charge in [-0.1, -0.05) is 29.8 Å². The monoisotopic (exact) mass is 502 g/mol. The minimum atomic E-state index is -0.126. The lowest BCUT2D eigenvalue weighted by Gasteiger charge is -2.26. The quantitative estimate of drug-likeness (QED) is 0.364. The number of rotatable bonds is 6. The number of hydrogen-bond acceptors (Lipinski definition) is 6. The highest BCUT2D eigenvalue weighted by atomic mass is 35.5. The van der Waals surface area contributed by atoms with Crippen molar-refractivity contribution in [3.8, 4) is 22.4 Å². The van der Waals surface area contributed by atoms with Crippen molar-refractivity contribution in [1.82, 2.24) is 19.5 Å². The summed E-state index contributed by atoms with van der Waals surface area (Å²) in [5, 5.41) is 4.66. The first-order valence-corrected chi connectivity index (χ1v) is 12.9. The number of anilines is 1. The van der Waals surface area contributed by atoms with Crippen LogP contribution in [0.25, 0.3) is 33.4 Å². The summed E-state index contributed by atoms with van der Waals surface area (Å²) < 4.78 is 1.68. The van der Waals surface area contributed by atoms with Crippen LogP contribution in [0.2, 0.25) is 5.02 Å². The summed E-state index contributed by atoms with van der Waals surface area (Å²) in [6, 6.07) is 13.7. The lowest BCUT2D eigenvalue weighted by Crippen LogP contribution is -2.29. The van der Waals surface area contributed by atoms with Crippen LogP contribution in [-0.2, 0) is 6.54 Å². The standard InChI is InChI=1S/C28H31ClN6O/c1-3-35-26-20(16-32-28(34-26)31-15-18-7-10-21(30)11-8-18)13-23(27(35)36)22-12-9-19(14-24(22)29)25-6-4-5-17(2)33-25/h4-6,9,12-14,16,18,21H,3,7-8,10-11,15,30H2,1-2H3,(H,31,32,34). The summed E-state index contributed by atoms with van der Waals surface area (Å²) in [5.41, 5.74) is 10.4. The van der Waals surface area contributed by atoms with E-state index in [4.69, 9.17) is 22.3 Å². The van der Waals surface area contributed by atoms with Crippen LogP contribution in [-0.4, -0.2) is 32.1 Å². The predicted molar refractivity (Wildman–Crippen MR) is 146 cm³/mol. The molecular formula is C28H31ClN6O. The van der Waals surface area contributed by atoms with Crippen LogP contribution in [0, 0.1) is 12.8 Å². The molecule has 3 N–H and O–H groups in total. The second-order valence-corrected chi connectivity index (χ2v) is 10.0. The predicted octanol–water partition coefficient (Wildman–Crippen LogP) is 5.43. The maximum atomic E-state index is 13.5. The van der Waals surface area contributed by atoms with Crippen molar-refractivity contribution in [2.75, 3.05) is 11.9 Å². The van der Waals surface area contributed by atoms with Crippen molar-refractivity contribution in [3.05, 3.63) is 69.7 Å². The van der Waals surface area contributed by atoms with Gasteiger partial charge in [-0.25, -0.2) is 4.98 Å². The summed E-state index contributed by atoms with van der Waals surface area (Å²) in [7, 11) is 0. The maximum Gasteiger partial charge on any atom is 0.260 e. The van der Waals surface area contributed by atoms with Crippen LogP contribution in [0.4, 0.5) is 5.95 Å².